The van der Waals surface area contributed by atoms with Crippen molar-refractivity contribution in [1.82, 2.24) is 0 Å². The topological polar surface area (TPSA) is 45.4 Å². The zero-order valence-corrected chi connectivity index (χ0v) is 10.4. The molecule has 1 aliphatic carbocycles. The Morgan fingerprint density at radius 2 is 2.19 bits per heavy atom. The summed E-state index contributed by atoms with van der Waals surface area (Å²) >= 11 is 0. The van der Waals surface area contributed by atoms with Crippen molar-refractivity contribution in [3.63, 3.8) is 0 Å². The number of nitrogens with zero attached hydrogens (tertiary/aromatic N) is 2. The van der Waals surface area contributed by atoms with E-state index < -0.39 is 0 Å². The molecule has 3 heteroatoms. The predicted molar refractivity (Wildman–Crippen MR) is 63.1 cm³/mol. The van der Waals surface area contributed by atoms with Crippen molar-refractivity contribution in [3.05, 3.63) is 0 Å². The van der Waals surface area contributed by atoms with Crippen molar-refractivity contribution in [3.8, 4) is 6.07 Å². The van der Waals surface area contributed by atoms with E-state index >= 15 is 0 Å². The summed E-state index contributed by atoms with van der Waals surface area (Å²) in [4.78, 5) is 4.54. The van der Waals surface area contributed by atoms with Gasteiger partial charge in [-0.1, -0.05) is 20.8 Å². The van der Waals surface area contributed by atoms with Crippen LogP contribution < -0.4 is 0 Å². The van der Waals surface area contributed by atoms with Crippen LogP contribution in [-0.2, 0) is 4.74 Å². The van der Waals surface area contributed by atoms with Gasteiger partial charge < -0.3 is 4.74 Å². The number of aliphatic imine (C=N–C) groups is 1. The van der Waals surface area contributed by atoms with Crippen molar-refractivity contribution in [2.45, 2.75) is 58.6 Å². The Morgan fingerprint density at radius 3 is 2.81 bits per heavy atom. The van der Waals surface area contributed by atoms with E-state index in [1.54, 1.807) is 0 Å². The minimum Gasteiger partial charge on any atom is -0.475 e. The summed E-state index contributed by atoms with van der Waals surface area (Å²) < 4.78 is 5.69. The highest BCUT2D eigenvalue weighted by Crippen LogP contribution is 2.41. The molecular formula is C13H20N2O. The van der Waals surface area contributed by atoms with Crippen LogP contribution in [0.5, 0.6) is 0 Å². The summed E-state index contributed by atoms with van der Waals surface area (Å²) in [5.41, 5.74) is 0.360. The second-order valence-electron chi connectivity index (χ2n) is 5.96. The molecule has 0 aromatic rings. The highest BCUT2D eigenvalue weighted by Gasteiger charge is 2.40. The Morgan fingerprint density at radius 1 is 1.44 bits per heavy atom. The van der Waals surface area contributed by atoms with Gasteiger partial charge >= 0.3 is 0 Å². The van der Waals surface area contributed by atoms with Gasteiger partial charge in [0.1, 0.15) is 12.5 Å². The fourth-order valence-corrected chi connectivity index (χ4v) is 2.72. The molecule has 3 nitrogen and oxygen atoms in total. The van der Waals surface area contributed by atoms with Gasteiger partial charge in [0, 0.05) is 0 Å². The first-order valence-corrected chi connectivity index (χ1v) is 6.11. The van der Waals surface area contributed by atoms with Gasteiger partial charge in [0.15, 0.2) is 5.90 Å². The molecule has 1 fully saturated rings. The third-order valence-corrected chi connectivity index (χ3v) is 3.81. The second kappa shape index (κ2) is 4.08. The summed E-state index contributed by atoms with van der Waals surface area (Å²) in [7, 11) is 0. The first kappa shape index (κ1) is 11.4. The Balaban J connectivity index is 2.02. The lowest BCUT2D eigenvalue weighted by atomic mass is 9.70. The number of hydrogen-bond acceptors (Lipinski definition) is 3. The van der Waals surface area contributed by atoms with Gasteiger partial charge in [-0.15, -0.1) is 0 Å². The molecule has 0 saturated heterocycles. The summed E-state index contributed by atoms with van der Waals surface area (Å²) in [6, 6.07) is 2.41. The number of ether oxygens (including phenoxy) is 1. The average molecular weight is 220 g/mol. The maximum absolute atomic E-state index is 8.63. The lowest BCUT2D eigenvalue weighted by Gasteiger charge is -2.37. The number of nitriles is 1. The fraction of sp³-hybridized carbons (Fsp3) is 0.846. The number of fused-ring (bicyclic) bond motifs is 1. The van der Waals surface area contributed by atoms with Crippen LogP contribution in [0.1, 0.15) is 46.5 Å². The first-order valence-electron chi connectivity index (χ1n) is 6.11. The molecule has 3 atom stereocenters. The van der Waals surface area contributed by atoms with Crippen LogP contribution >= 0.6 is 0 Å². The van der Waals surface area contributed by atoms with Gasteiger partial charge in [-0.3, -0.25) is 0 Å². The Hall–Kier alpha value is -1.04. The van der Waals surface area contributed by atoms with Crippen molar-refractivity contribution >= 4 is 5.90 Å². The molecule has 2 aliphatic rings. The van der Waals surface area contributed by atoms with E-state index in [9.17, 15) is 0 Å². The van der Waals surface area contributed by atoms with Crippen LogP contribution in [0.4, 0.5) is 0 Å². The largest absolute Gasteiger partial charge is 0.475 e. The molecule has 0 N–H and O–H groups in total. The molecule has 1 aliphatic heterocycles. The van der Waals surface area contributed by atoms with Gasteiger partial charge in [0.05, 0.1) is 12.1 Å². The summed E-state index contributed by atoms with van der Waals surface area (Å²) in [6.45, 7) is 6.90. The number of rotatable bonds is 1. The Bertz CT molecular complexity index is 335. The zero-order valence-electron chi connectivity index (χ0n) is 10.4. The minimum atomic E-state index is 0.252. The standard InChI is InChI=1S/C13H20N2O/c1-13(2,3)9-4-5-11-10(8-9)15-12(16-11)6-7-14/h9-11H,4-6,8H2,1-3H3. The van der Waals surface area contributed by atoms with Crippen LogP contribution in [0.2, 0.25) is 0 Å². The summed E-state index contributed by atoms with van der Waals surface area (Å²) in [6.07, 6.45) is 4.00. The van der Waals surface area contributed by atoms with Crippen LogP contribution in [0.25, 0.3) is 0 Å². The molecule has 3 unspecified atom stereocenters. The molecule has 0 aromatic heterocycles. The van der Waals surface area contributed by atoms with E-state index in [1.165, 1.54) is 6.42 Å². The highest BCUT2D eigenvalue weighted by atomic mass is 16.5. The third-order valence-electron chi connectivity index (χ3n) is 3.81. The van der Waals surface area contributed by atoms with E-state index in [1.807, 2.05) is 0 Å². The van der Waals surface area contributed by atoms with E-state index in [-0.39, 0.29) is 6.10 Å². The Kier molecular flexibility index (Phi) is 2.92. The van der Waals surface area contributed by atoms with Gasteiger partial charge in [-0.2, -0.15) is 5.26 Å². The third kappa shape index (κ3) is 2.21. The van der Waals surface area contributed by atoms with E-state index in [0.29, 0.717) is 23.8 Å². The normalized spacial score (nSPS) is 33.6. The van der Waals surface area contributed by atoms with Crippen LogP contribution in [0.15, 0.2) is 4.99 Å². The molecule has 88 valence electrons. The molecule has 2 rings (SSSR count). The average Bonchev–Trinajstić information content (AvgIpc) is 2.57. The number of hydrogen-bond donors (Lipinski definition) is 0. The zero-order chi connectivity index (χ0) is 11.8. The molecule has 0 bridgehead atoms. The van der Waals surface area contributed by atoms with Gasteiger partial charge in [-0.25, -0.2) is 4.99 Å². The molecule has 1 saturated carbocycles. The first-order chi connectivity index (χ1) is 7.50. The molecule has 1 heterocycles. The van der Waals surface area contributed by atoms with Crippen LogP contribution in [0.3, 0.4) is 0 Å². The maximum atomic E-state index is 8.63. The molecule has 0 amide bonds. The van der Waals surface area contributed by atoms with Gasteiger partial charge in [-0.05, 0) is 30.6 Å². The summed E-state index contributed by atoms with van der Waals surface area (Å²) in [5.74, 6) is 1.38. The van der Waals surface area contributed by atoms with Gasteiger partial charge in [0.2, 0.25) is 0 Å². The lowest BCUT2D eigenvalue weighted by Crippen LogP contribution is -2.35. The quantitative estimate of drug-likeness (QED) is 0.682. The van der Waals surface area contributed by atoms with Crippen molar-refractivity contribution < 1.29 is 4.74 Å². The van der Waals surface area contributed by atoms with E-state index in [2.05, 4.69) is 31.8 Å². The molecule has 16 heavy (non-hydrogen) atoms. The molecular weight excluding hydrogens is 200 g/mol. The monoisotopic (exact) mass is 220 g/mol. The second-order valence-corrected chi connectivity index (χ2v) is 5.96. The van der Waals surface area contributed by atoms with Crippen LogP contribution in [0, 0.1) is 22.7 Å². The minimum absolute atomic E-state index is 0.252. The maximum Gasteiger partial charge on any atom is 0.198 e. The van der Waals surface area contributed by atoms with Crippen molar-refractivity contribution in [2.24, 2.45) is 16.3 Å². The SMILES string of the molecule is CC(C)(C)C1CCC2OC(CC#N)=NC2C1. The fourth-order valence-electron chi connectivity index (χ4n) is 2.72. The molecule has 0 radical (unpaired) electrons. The lowest BCUT2D eigenvalue weighted by molar-refractivity contribution is 0.0828. The van der Waals surface area contributed by atoms with Gasteiger partial charge in [0.25, 0.3) is 0 Å². The smallest absolute Gasteiger partial charge is 0.198 e. The van der Waals surface area contributed by atoms with Crippen LogP contribution in [-0.4, -0.2) is 18.0 Å². The predicted octanol–water partition coefficient (Wildman–Crippen LogP) is 2.91. The summed E-state index contributed by atoms with van der Waals surface area (Å²) in [5, 5.41) is 8.63. The highest BCUT2D eigenvalue weighted by molar-refractivity contribution is 5.80. The van der Waals surface area contributed by atoms with Crippen molar-refractivity contribution in [1.29, 1.82) is 5.26 Å². The van der Waals surface area contributed by atoms with Crippen molar-refractivity contribution in [2.75, 3.05) is 0 Å². The molecule has 0 aromatic carbocycles. The Labute approximate surface area is 97.5 Å². The molecule has 0 spiro atoms. The van der Waals surface area contributed by atoms with E-state index in [4.69, 9.17) is 10.00 Å². The van der Waals surface area contributed by atoms with E-state index in [0.717, 1.165) is 18.8 Å².